The molecule has 20 aromatic rings. The average molecular weight is 1740 g/mol. The molecule has 0 aliphatic carbocycles. The van der Waals surface area contributed by atoms with Gasteiger partial charge in [-0.25, -0.2) is 19.4 Å². The molecule has 8 heterocycles. The van der Waals surface area contributed by atoms with Crippen LogP contribution >= 0.6 is 0 Å². The van der Waals surface area contributed by atoms with Gasteiger partial charge < -0.3 is 17.7 Å². The van der Waals surface area contributed by atoms with Crippen LogP contribution in [0.4, 0.5) is 22.7 Å². The number of benzene rings is 12. The summed E-state index contributed by atoms with van der Waals surface area (Å²) in [5.41, 5.74) is 28.7. The average Bonchev–Trinajstić information content (AvgIpc) is 1.63. The Hall–Kier alpha value is -15.6. The lowest BCUT2D eigenvalue weighted by Crippen LogP contribution is -2.35. The van der Waals surface area contributed by atoms with Crippen LogP contribution in [0.5, 0.6) is 0 Å². The molecule has 8 aromatic heterocycles. The van der Waals surface area contributed by atoms with Gasteiger partial charge in [-0.05, 0) is 177 Å². The van der Waals surface area contributed by atoms with Gasteiger partial charge in [0.2, 0.25) is 22.8 Å². The Morgan fingerprint density at radius 3 is 1.06 bits per heavy atom. The Bertz CT molecular complexity index is 8960. The molecule has 0 N–H and O–H groups in total. The molecule has 1 atom stereocenters. The molecule has 0 radical (unpaired) electrons. The number of aryl methyl sites for hydroxylation is 5. The molecule has 648 valence electrons. The zero-order valence-electron chi connectivity index (χ0n) is 90.7. The van der Waals surface area contributed by atoms with Crippen molar-refractivity contribution in [3.8, 4) is 89.5 Å². The van der Waals surface area contributed by atoms with E-state index in [-0.39, 0.29) is 36.3 Å². The van der Waals surface area contributed by atoms with E-state index in [0.717, 1.165) is 143 Å². The molecular formula is C120H108N8O4+4. The van der Waals surface area contributed by atoms with E-state index in [1.165, 1.54) is 6.92 Å². The summed E-state index contributed by atoms with van der Waals surface area (Å²) >= 11 is 0. The SMILES string of the molecule is [2H]C([2H])([2H])C([2H])(C)c1cc(C)[n+](C)c(-c2c(C)ccc3c2oc2cc([N+]#[C-])c(-c4ccccc4)cc23)c1.[2H]c1c(C([2H])(C)C)c([2H])c(-c2c(C)cc(-c3ccccc3)c3c2oc2cc([N+]#[C-])ccc23)[n+](C)c1C.[2H]c1c(C([2H])(C)C)c([2H])c(-c2c(C)ccc3c2oc2cc([N+]#[C-])c(-c4ccccc4)cc23)[n+](C)c1C.[2H]c1c(C([2H])(C)C)c([2H])c(-c2c(C)ccc3c2oc2cc([N+]#[C-])cc(-c4ccccc4)c23)[n+](C)c1C. The molecule has 0 saturated heterocycles. The van der Waals surface area contributed by atoms with Crippen molar-refractivity contribution in [1.29, 1.82) is 0 Å². The first kappa shape index (κ1) is 73.3. The lowest BCUT2D eigenvalue weighted by molar-refractivity contribution is -0.666. The van der Waals surface area contributed by atoms with Crippen LogP contribution in [-0.2, 0) is 28.2 Å². The molecular weight excluding hydrogens is 1620 g/mol. The molecule has 12 aromatic carbocycles. The van der Waals surface area contributed by atoms with E-state index in [0.29, 0.717) is 124 Å². The fourth-order valence-corrected chi connectivity index (χ4v) is 17.7. The minimum atomic E-state index is -2.49. The number of fused-ring (bicyclic) bond motifs is 12. The van der Waals surface area contributed by atoms with E-state index < -0.39 is 30.4 Å². The van der Waals surface area contributed by atoms with Crippen LogP contribution in [0.1, 0.15) is 164 Å². The third-order valence-corrected chi connectivity index (χ3v) is 25.2. The number of aromatic nitrogens is 4. The first-order valence-electron chi connectivity index (χ1n) is 50.3. The molecule has 0 amide bonds. The summed E-state index contributed by atoms with van der Waals surface area (Å²) < 4.78 is 145. The Morgan fingerprint density at radius 1 is 0.288 bits per heavy atom. The Labute approximate surface area is 791 Å². The molecule has 0 spiro atoms. The Balaban J connectivity index is 0.000000132. The molecule has 12 nitrogen and oxygen atoms in total. The minimum Gasteiger partial charge on any atom is -0.456 e. The Kier molecular flexibility index (Phi) is 20.1. The molecule has 132 heavy (non-hydrogen) atoms. The summed E-state index contributed by atoms with van der Waals surface area (Å²) in [4.78, 5) is 14.8. The molecule has 0 fully saturated rings. The van der Waals surface area contributed by atoms with Crippen molar-refractivity contribution in [2.75, 3.05) is 0 Å². The highest BCUT2D eigenvalue weighted by Gasteiger charge is 2.32. The maximum atomic E-state index is 9.16. The number of hydrogen-bond donors (Lipinski definition) is 0. The van der Waals surface area contributed by atoms with Gasteiger partial charge in [-0.3, -0.25) is 0 Å². The van der Waals surface area contributed by atoms with Crippen LogP contribution in [0.15, 0.2) is 284 Å². The highest BCUT2D eigenvalue weighted by atomic mass is 16.3. The quantitative estimate of drug-likeness (QED) is 0.0901. The summed E-state index contributed by atoms with van der Waals surface area (Å²) in [5.74, 6) is -5.10. The van der Waals surface area contributed by atoms with E-state index in [9.17, 15) is 0 Å². The summed E-state index contributed by atoms with van der Waals surface area (Å²) in [6, 6.07) is 75.6. The third-order valence-electron chi connectivity index (χ3n) is 25.2. The lowest BCUT2D eigenvalue weighted by Gasteiger charge is -2.13. The molecule has 0 aliphatic heterocycles. The van der Waals surface area contributed by atoms with Gasteiger partial charge in [0, 0.05) is 129 Å². The van der Waals surface area contributed by atoms with Crippen molar-refractivity contribution in [2.24, 2.45) is 28.2 Å². The first-order valence-corrected chi connectivity index (χ1v) is 43.8. The highest BCUT2D eigenvalue weighted by Crippen LogP contribution is 2.50. The van der Waals surface area contributed by atoms with Gasteiger partial charge in [-0.2, -0.15) is 18.3 Å². The monoisotopic (exact) mass is 1740 g/mol. The van der Waals surface area contributed by atoms with Gasteiger partial charge in [0.15, 0.2) is 45.5 Å². The number of pyridine rings is 4. The summed E-state index contributed by atoms with van der Waals surface area (Å²) in [6.45, 7) is 55.3. The maximum absolute atomic E-state index is 9.16. The normalized spacial score (nSPS) is 13.6. The molecule has 1 unspecified atom stereocenters. The molecule has 0 bridgehead atoms. The van der Waals surface area contributed by atoms with Crippen molar-refractivity contribution < 1.29 is 53.8 Å². The van der Waals surface area contributed by atoms with E-state index in [4.69, 9.17) is 61.8 Å². The van der Waals surface area contributed by atoms with E-state index in [1.807, 2.05) is 272 Å². The van der Waals surface area contributed by atoms with E-state index >= 15 is 0 Å². The van der Waals surface area contributed by atoms with Crippen LogP contribution < -0.4 is 18.3 Å². The van der Waals surface area contributed by atoms with Crippen molar-refractivity contribution in [3.63, 3.8) is 0 Å². The van der Waals surface area contributed by atoms with Gasteiger partial charge in [0.05, 0.1) is 56.8 Å². The smallest absolute Gasteiger partial charge is 0.216 e. The van der Waals surface area contributed by atoms with Gasteiger partial charge in [-0.15, -0.1) is 0 Å². The van der Waals surface area contributed by atoms with Crippen molar-refractivity contribution in [2.45, 2.75) is 134 Å². The lowest BCUT2D eigenvalue weighted by atomic mass is 9.91. The van der Waals surface area contributed by atoms with Crippen LogP contribution in [0.3, 0.4) is 0 Å². The van der Waals surface area contributed by atoms with Gasteiger partial charge in [0.25, 0.3) is 0 Å². The molecule has 0 aliphatic rings. The standard InChI is InChI=1S/4C30H27N2O/c1-18(2)22-15-20(4)32(6)26(16-22)28-19(3)14-25(21-10-8-7-9-11-21)29-24-13-12-23(31-5)17-27(24)33-30(28)29;1-18(2)22-14-20(4)32(6)26(15-22)28-19(3)12-13-24-29-25(21-10-8-7-9-11-21)16-23(31-5)17-27(29)33-30(24)28;2*1-18(2)22-14-20(4)32(6)27(15-22)29-19(3)12-13-23-25-16-24(21-10-8-7-9-11-21)26(31-5)17-28(25)33-30(23)29/h4*7-18H,1-4,6H3/q4*+1/i15D,16D,18D;2*14D,15D,18D;1D3,18D. The second-order valence-corrected chi connectivity index (χ2v) is 34.6. The van der Waals surface area contributed by atoms with Crippen molar-refractivity contribution >= 4 is 111 Å². The molecule has 12 heteroatoms. The second-order valence-electron chi connectivity index (χ2n) is 34.6. The number of furan rings is 4. The predicted octanol–water partition coefficient (Wildman–Crippen LogP) is 32.1. The van der Waals surface area contributed by atoms with E-state index in [1.54, 1.807) is 84.0 Å². The fraction of sp³-hybridized carbons (Fsp3) is 0.200. The second kappa shape index (κ2) is 36.1. The largest absolute Gasteiger partial charge is 0.456 e. The zero-order chi connectivity index (χ0) is 105. The fourth-order valence-electron chi connectivity index (χ4n) is 17.7. The van der Waals surface area contributed by atoms with E-state index in [2.05, 4.69) is 37.6 Å². The number of rotatable bonds is 12. The minimum absolute atomic E-state index is 0.160. The summed E-state index contributed by atoms with van der Waals surface area (Å²) in [7, 11) is 7.50. The third kappa shape index (κ3) is 16.3. The van der Waals surface area contributed by atoms with Crippen LogP contribution in [0.25, 0.3) is 197 Å². The summed E-state index contributed by atoms with van der Waals surface area (Å²) in [5, 5.41) is 7.28. The topological polar surface area (TPSA) is 85.5 Å². The summed E-state index contributed by atoms with van der Waals surface area (Å²) in [6.07, 6.45) is 0. The van der Waals surface area contributed by atoms with Gasteiger partial charge in [0.1, 0.15) is 72.9 Å². The highest BCUT2D eigenvalue weighted by molar-refractivity contribution is 6.19. The maximum Gasteiger partial charge on any atom is 0.216 e. The van der Waals surface area contributed by atoms with Gasteiger partial charge in [-0.1, -0.05) is 237 Å². The predicted molar refractivity (Wildman–Crippen MR) is 542 cm³/mol. The van der Waals surface area contributed by atoms with Crippen LogP contribution in [0, 0.1) is 81.7 Å². The molecule has 0 saturated carbocycles. The Morgan fingerprint density at radius 2 is 0.644 bits per heavy atom. The van der Waals surface area contributed by atoms with Crippen LogP contribution in [-0.4, -0.2) is 0 Å². The number of hydrogen-bond acceptors (Lipinski definition) is 4. The van der Waals surface area contributed by atoms with Crippen molar-refractivity contribution in [1.82, 2.24) is 0 Å². The van der Waals surface area contributed by atoms with Crippen LogP contribution in [0.2, 0.25) is 0 Å². The zero-order valence-corrected chi connectivity index (χ0v) is 77.7. The first-order chi connectivity index (χ1) is 68.6. The molecule has 20 rings (SSSR count). The van der Waals surface area contributed by atoms with Gasteiger partial charge >= 0.3 is 0 Å². The van der Waals surface area contributed by atoms with Crippen molar-refractivity contribution in [3.05, 3.63) is 380 Å². The number of nitrogens with zero attached hydrogens (tertiary/aromatic N) is 8.